The second-order valence-electron chi connectivity index (χ2n) is 5.79. The summed E-state index contributed by atoms with van der Waals surface area (Å²) in [6, 6.07) is 11.3. The molecule has 2 aromatic carbocycles. The quantitative estimate of drug-likeness (QED) is 0.526. The van der Waals surface area contributed by atoms with E-state index in [1.54, 1.807) is 24.3 Å². The zero-order valence-electron chi connectivity index (χ0n) is 14.3. The number of anilines is 1. The van der Waals surface area contributed by atoms with Crippen molar-refractivity contribution in [1.29, 1.82) is 0 Å². The summed E-state index contributed by atoms with van der Waals surface area (Å²) >= 11 is 0. The van der Waals surface area contributed by atoms with E-state index in [9.17, 15) is 17.6 Å². The number of rotatable bonds is 5. The second-order valence-corrected chi connectivity index (χ2v) is 8.06. The lowest BCUT2D eigenvalue weighted by Gasteiger charge is -2.13. The van der Waals surface area contributed by atoms with Crippen LogP contribution in [0.4, 0.5) is 10.2 Å². The molecule has 0 unspecified atom stereocenters. The zero-order chi connectivity index (χ0) is 19.6. The highest BCUT2D eigenvalue weighted by molar-refractivity contribution is 7.92. The van der Waals surface area contributed by atoms with Crippen molar-refractivity contribution in [2.75, 3.05) is 5.73 Å². The van der Waals surface area contributed by atoms with Gasteiger partial charge < -0.3 is 10.5 Å². The van der Waals surface area contributed by atoms with E-state index in [4.69, 9.17) is 10.5 Å². The molecule has 2 N–H and O–H groups in total. The SMILES string of the molecule is C[C@H](C(=O)OCc1nc(N)c2ccccc2n1)S(=O)(=O)c1ccc(F)cc1. The minimum absolute atomic E-state index is 0.158. The normalized spacial score (nSPS) is 12.7. The van der Waals surface area contributed by atoms with Crippen molar-refractivity contribution in [2.24, 2.45) is 0 Å². The molecule has 1 atom stereocenters. The second kappa shape index (κ2) is 7.28. The fourth-order valence-corrected chi connectivity index (χ4v) is 3.67. The Hall–Kier alpha value is -3.07. The number of para-hydroxylation sites is 1. The van der Waals surface area contributed by atoms with E-state index in [-0.39, 0.29) is 23.1 Å². The molecule has 0 aliphatic rings. The van der Waals surface area contributed by atoms with Gasteiger partial charge in [-0.1, -0.05) is 12.1 Å². The molecule has 140 valence electrons. The molecule has 3 rings (SSSR count). The van der Waals surface area contributed by atoms with Gasteiger partial charge in [0.25, 0.3) is 0 Å². The van der Waals surface area contributed by atoms with E-state index >= 15 is 0 Å². The van der Waals surface area contributed by atoms with Crippen molar-refractivity contribution < 1.29 is 22.3 Å². The molecule has 0 aliphatic carbocycles. The smallest absolute Gasteiger partial charge is 0.324 e. The van der Waals surface area contributed by atoms with E-state index in [2.05, 4.69) is 9.97 Å². The molecule has 0 saturated heterocycles. The van der Waals surface area contributed by atoms with Gasteiger partial charge in [0.05, 0.1) is 10.4 Å². The molecule has 0 amide bonds. The van der Waals surface area contributed by atoms with Crippen molar-refractivity contribution in [2.45, 2.75) is 23.7 Å². The van der Waals surface area contributed by atoms with Crippen molar-refractivity contribution in [1.82, 2.24) is 9.97 Å². The molecular formula is C18H16FN3O4S. The van der Waals surface area contributed by atoms with E-state index in [1.807, 2.05) is 0 Å². The number of hydrogen-bond donors (Lipinski definition) is 1. The first-order valence-electron chi connectivity index (χ1n) is 7.96. The molecule has 3 aromatic rings. The number of fused-ring (bicyclic) bond motifs is 1. The number of benzene rings is 2. The summed E-state index contributed by atoms with van der Waals surface area (Å²) in [4.78, 5) is 20.3. The zero-order valence-corrected chi connectivity index (χ0v) is 15.1. The summed E-state index contributed by atoms with van der Waals surface area (Å²) in [5, 5.41) is -0.805. The van der Waals surface area contributed by atoms with Crippen molar-refractivity contribution in [3.05, 3.63) is 60.2 Å². The molecule has 7 nitrogen and oxygen atoms in total. The Morgan fingerprint density at radius 3 is 2.52 bits per heavy atom. The summed E-state index contributed by atoms with van der Waals surface area (Å²) in [5.41, 5.74) is 6.45. The number of carbonyl (C=O) groups excluding carboxylic acids is 1. The number of carbonyl (C=O) groups is 1. The molecule has 0 bridgehead atoms. The maximum atomic E-state index is 13.0. The number of nitrogen functional groups attached to an aromatic ring is 1. The number of aromatic nitrogens is 2. The van der Waals surface area contributed by atoms with E-state index < -0.39 is 26.9 Å². The minimum atomic E-state index is -4.01. The van der Waals surface area contributed by atoms with Gasteiger partial charge in [0, 0.05) is 5.39 Å². The van der Waals surface area contributed by atoms with Crippen LogP contribution in [0.15, 0.2) is 53.4 Å². The van der Waals surface area contributed by atoms with Crippen LogP contribution in [0.5, 0.6) is 0 Å². The number of nitrogens with zero attached hydrogens (tertiary/aromatic N) is 2. The average molecular weight is 389 g/mol. The van der Waals surface area contributed by atoms with Gasteiger partial charge in [0.1, 0.15) is 11.6 Å². The Morgan fingerprint density at radius 1 is 1.15 bits per heavy atom. The fourth-order valence-electron chi connectivity index (χ4n) is 2.42. The highest BCUT2D eigenvalue weighted by atomic mass is 32.2. The molecule has 0 aliphatic heterocycles. The number of ether oxygens (including phenoxy) is 1. The summed E-state index contributed by atoms with van der Waals surface area (Å²) in [7, 11) is -4.01. The van der Waals surface area contributed by atoms with Gasteiger partial charge in [0.2, 0.25) is 0 Å². The predicted octanol–water partition coefficient (Wildman–Crippen LogP) is 2.26. The first kappa shape index (κ1) is 18.7. The Kier molecular flexibility index (Phi) is 5.04. The Labute approximate surface area is 154 Å². The fraction of sp³-hybridized carbons (Fsp3) is 0.167. The monoisotopic (exact) mass is 389 g/mol. The first-order chi connectivity index (χ1) is 12.8. The van der Waals surface area contributed by atoms with Crippen molar-refractivity contribution in [3.63, 3.8) is 0 Å². The van der Waals surface area contributed by atoms with Crippen LogP contribution in [0.3, 0.4) is 0 Å². The van der Waals surface area contributed by atoms with E-state index in [0.29, 0.717) is 10.9 Å². The van der Waals surface area contributed by atoms with Crippen LogP contribution in [-0.2, 0) is 26.0 Å². The molecule has 9 heteroatoms. The third-order valence-electron chi connectivity index (χ3n) is 3.96. The summed E-state index contributed by atoms with van der Waals surface area (Å²) < 4.78 is 42.9. The maximum absolute atomic E-state index is 13.0. The lowest BCUT2D eigenvalue weighted by molar-refractivity contribution is -0.144. The summed E-state index contributed by atoms with van der Waals surface area (Å²) in [6.45, 7) is 0.883. The predicted molar refractivity (Wildman–Crippen MR) is 96.8 cm³/mol. The molecule has 0 spiro atoms. The molecular weight excluding hydrogens is 373 g/mol. The third kappa shape index (κ3) is 3.87. The van der Waals surface area contributed by atoms with Gasteiger partial charge >= 0.3 is 5.97 Å². The van der Waals surface area contributed by atoms with Gasteiger partial charge in [-0.2, -0.15) is 0 Å². The van der Waals surface area contributed by atoms with Crippen LogP contribution in [0, 0.1) is 5.82 Å². The lowest BCUT2D eigenvalue weighted by Crippen LogP contribution is -2.29. The van der Waals surface area contributed by atoms with Crippen LogP contribution in [-0.4, -0.2) is 29.6 Å². The maximum Gasteiger partial charge on any atom is 0.324 e. The van der Waals surface area contributed by atoms with Gasteiger partial charge in [-0.3, -0.25) is 4.79 Å². The van der Waals surface area contributed by atoms with Crippen LogP contribution >= 0.6 is 0 Å². The third-order valence-corrected chi connectivity index (χ3v) is 6.01. The Bertz CT molecular complexity index is 1100. The number of halogens is 1. The standard InChI is InChI=1S/C18H16FN3O4S/c1-11(27(24,25)13-8-6-12(19)7-9-13)18(23)26-10-16-21-15-5-3-2-4-14(15)17(20)22-16/h2-9,11H,10H2,1H3,(H2,20,21,22)/t11-/m1/s1. The number of sulfone groups is 1. The highest BCUT2D eigenvalue weighted by Gasteiger charge is 2.31. The summed E-state index contributed by atoms with van der Waals surface area (Å²) in [5.74, 6) is -1.14. The Morgan fingerprint density at radius 2 is 1.81 bits per heavy atom. The van der Waals surface area contributed by atoms with Crippen LogP contribution in [0.25, 0.3) is 10.9 Å². The molecule has 27 heavy (non-hydrogen) atoms. The molecule has 0 fully saturated rings. The van der Waals surface area contributed by atoms with Gasteiger partial charge in [-0.15, -0.1) is 0 Å². The van der Waals surface area contributed by atoms with Crippen molar-refractivity contribution >= 4 is 32.5 Å². The summed E-state index contributed by atoms with van der Waals surface area (Å²) in [6.07, 6.45) is 0. The minimum Gasteiger partial charge on any atom is -0.456 e. The van der Waals surface area contributed by atoms with Crippen LogP contribution in [0.1, 0.15) is 12.7 Å². The lowest BCUT2D eigenvalue weighted by atomic mass is 10.2. The van der Waals surface area contributed by atoms with Crippen molar-refractivity contribution in [3.8, 4) is 0 Å². The molecule has 0 saturated carbocycles. The highest BCUT2D eigenvalue weighted by Crippen LogP contribution is 2.19. The van der Waals surface area contributed by atoms with Gasteiger partial charge in [0.15, 0.2) is 27.5 Å². The average Bonchev–Trinajstić information content (AvgIpc) is 2.66. The number of esters is 1. The van der Waals surface area contributed by atoms with Crippen LogP contribution < -0.4 is 5.73 Å². The van der Waals surface area contributed by atoms with E-state index in [1.165, 1.54) is 6.92 Å². The largest absolute Gasteiger partial charge is 0.456 e. The molecule has 1 aromatic heterocycles. The Balaban J connectivity index is 1.74. The molecule has 1 heterocycles. The first-order valence-corrected chi connectivity index (χ1v) is 9.51. The van der Waals surface area contributed by atoms with Crippen LogP contribution in [0.2, 0.25) is 0 Å². The van der Waals surface area contributed by atoms with Gasteiger partial charge in [-0.25, -0.2) is 22.8 Å². The number of hydrogen-bond acceptors (Lipinski definition) is 7. The van der Waals surface area contributed by atoms with E-state index in [0.717, 1.165) is 24.3 Å². The van der Waals surface area contributed by atoms with Gasteiger partial charge in [-0.05, 0) is 43.3 Å². The molecule has 0 radical (unpaired) electrons. The topological polar surface area (TPSA) is 112 Å². The number of nitrogens with two attached hydrogens (primary N) is 1.